The minimum atomic E-state index is -3.70. The molecule has 6 nitrogen and oxygen atoms in total. The van der Waals surface area contributed by atoms with E-state index in [1.54, 1.807) is 24.0 Å². The van der Waals surface area contributed by atoms with Crippen LogP contribution in [0.3, 0.4) is 0 Å². The fraction of sp³-hybridized carbons (Fsp3) is 0.381. The van der Waals surface area contributed by atoms with E-state index in [-0.39, 0.29) is 5.91 Å². The second-order valence-electron chi connectivity index (χ2n) is 7.19. The van der Waals surface area contributed by atoms with E-state index < -0.39 is 16.1 Å². The van der Waals surface area contributed by atoms with E-state index in [9.17, 15) is 13.2 Å². The van der Waals surface area contributed by atoms with Gasteiger partial charge in [-0.2, -0.15) is 0 Å². The second kappa shape index (κ2) is 7.83. The molecule has 0 saturated carbocycles. The molecule has 3 rings (SSSR count). The largest absolute Gasteiger partial charge is 0.495 e. The summed E-state index contributed by atoms with van der Waals surface area (Å²) in [6.07, 6.45) is 1.88. The van der Waals surface area contributed by atoms with Crippen molar-refractivity contribution < 1.29 is 17.9 Å². The number of methoxy groups -OCH3 is 1. The molecule has 0 aliphatic carbocycles. The molecule has 0 bridgehead atoms. The van der Waals surface area contributed by atoms with Crippen LogP contribution in [0.2, 0.25) is 0 Å². The normalized spacial score (nSPS) is 14.9. The zero-order valence-corrected chi connectivity index (χ0v) is 17.5. The highest BCUT2D eigenvalue weighted by molar-refractivity contribution is 7.92. The van der Waals surface area contributed by atoms with Gasteiger partial charge in [0, 0.05) is 13.1 Å². The number of carbonyl (C=O) groups is 1. The Morgan fingerprint density at radius 3 is 2.50 bits per heavy atom. The lowest BCUT2D eigenvalue weighted by Gasteiger charge is -2.35. The lowest BCUT2D eigenvalue weighted by Crippen LogP contribution is -2.50. The van der Waals surface area contributed by atoms with E-state index in [4.69, 9.17) is 4.74 Å². The van der Waals surface area contributed by atoms with Crippen molar-refractivity contribution in [3.8, 4) is 5.75 Å². The summed E-state index contributed by atoms with van der Waals surface area (Å²) in [6, 6.07) is 12.4. The van der Waals surface area contributed by atoms with Crippen molar-refractivity contribution in [2.45, 2.75) is 32.9 Å². The first-order valence-electron chi connectivity index (χ1n) is 9.22. The number of fused-ring (bicyclic) bond motifs is 1. The summed E-state index contributed by atoms with van der Waals surface area (Å²) in [5.74, 6) is 0.197. The Labute approximate surface area is 166 Å². The van der Waals surface area contributed by atoms with Gasteiger partial charge in [-0.1, -0.05) is 30.3 Å². The molecule has 0 aromatic heterocycles. The van der Waals surface area contributed by atoms with Gasteiger partial charge < -0.3 is 9.64 Å². The zero-order chi connectivity index (χ0) is 20.5. The lowest BCUT2D eigenvalue weighted by atomic mass is 9.99. The van der Waals surface area contributed by atoms with Gasteiger partial charge in [-0.15, -0.1) is 0 Å². The van der Waals surface area contributed by atoms with Gasteiger partial charge in [0.05, 0.1) is 19.1 Å². The van der Waals surface area contributed by atoms with Gasteiger partial charge in [0.15, 0.2) is 0 Å². The van der Waals surface area contributed by atoms with E-state index in [0.29, 0.717) is 24.5 Å². The molecule has 0 unspecified atom stereocenters. The smallest absolute Gasteiger partial charge is 0.246 e. The minimum Gasteiger partial charge on any atom is -0.495 e. The summed E-state index contributed by atoms with van der Waals surface area (Å²) in [7, 11) is -2.22. The van der Waals surface area contributed by atoms with Gasteiger partial charge in [-0.25, -0.2) is 8.42 Å². The Bertz CT molecular complexity index is 988. The summed E-state index contributed by atoms with van der Waals surface area (Å²) < 4.78 is 31.8. The summed E-state index contributed by atoms with van der Waals surface area (Å²) in [5.41, 5.74) is 3.60. The summed E-state index contributed by atoms with van der Waals surface area (Å²) in [6.45, 7) is 4.56. The van der Waals surface area contributed by atoms with Crippen LogP contribution >= 0.6 is 0 Å². The maximum atomic E-state index is 13.2. The molecule has 0 saturated heterocycles. The highest BCUT2D eigenvalue weighted by atomic mass is 32.2. The fourth-order valence-electron chi connectivity index (χ4n) is 3.70. The van der Waals surface area contributed by atoms with Crippen molar-refractivity contribution in [2.24, 2.45) is 0 Å². The molecule has 1 atom stereocenters. The van der Waals surface area contributed by atoms with Gasteiger partial charge in [0.2, 0.25) is 15.9 Å². The van der Waals surface area contributed by atoms with E-state index in [1.807, 2.05) is 31.2 Å². The number of nitrogens with zero attached hydrogens (tertiary/aromatic N) is 2. The molecule has 0 fully saturated rings. The Morgan fingerprint density at radius 1 is 1.18 bits per heavy atom. The molecule has 2 aromatic carbocycles. The number of carbonyl (C=O) groups excluding carboxylic acids is 1. The topological polar surface area (TPSA) is 66.9 Å². The van der Waals surface area contributed by atoms with Gasteiger partial charge in [-0.3, -0.25) is 9.10 Å². The van der Waals surface area contributed by atoms with Crippen LogP contribution in [0.4, 0.5) is 5.69 Å². The molecule has 1 aliphatic rings. The first kappa shape index (κ1) is 20.2. The highest BCUT2D eigenvalue weighted by Crippen LogP contribution is 2.33. The van der Waals surface area contributed by atoms with Gasteiger partial charge in [0.25, 0.3) is 0 Å². The molecule has 1 amide bonds. The van der Waals surface area contributed by atoms with Crippen molar-refractivity contribution in [1.29, 1.82) is 0 Å². The molecule has 1 heterocycles. The molecule has 0 spiro atoms. The number of benzene rings is 2. The van der Waals surface area contributed by atoms with Crippen LogP contribution < -0.4 is 9.04 Å². The van der Waals surface area contributed by atoms with Crippen LogP contribution in [0.15, 0.2) is 42.5 Å². The number of amides is 1. The lowest BCUT2D eigenvalue weighted by molar-refractivity contribution is -0.132. The summed E-state index contributed by atoms with van der Waals surface area (Å²) in [5, 5.41) is 0. The maximum absolute atomic E-state index is 13.2. The van der Waals surface area contributed by atoms with Crippen molar-refractivity contribution >= 4 is 21.6 Å². The van der Waals surface area contributed by atoms with Crippen LogP contribution in [-0.2, 0) is 27.8 Å². The first-order chi connectivity index (χ1) is 13.2. The number of hydrogen-bond acceptors (Lipinski definition) is 4. The van der Waals surface area contributed by atoms with E-state index >= 15 is 0 Å². The molecule has 0 radical (unpaired) electrons. The van der Waals surface area contributed by atoms with Gasteiger partial charge in [-0.05, 0) is 49.1 Å². The number of hydrogen-bond donors (Lipinski definition) is 0. The number of rotatable bonds is 5. The predicted octanol–water partition coefficient (Wildman–Crippen LogP) is 2.74. The molecular weight excluding hydrogens is 376 g/mol. The average molecular weight is 403 g/mol. The minimum absolute atomic E-state index is 0.219. The van der Waals surface area contributed by atoms with Crippen molar-refractivity contribution in [3.05, 3.63) is 59.2 Å². The maximum Gasteiger partial charge on any atom is 0.246 e. The van der Waals surface area contributed by atoms with Crippen molar-refractivity contribution in [1.82, 2.24) is 4.90 Å². The molecule has 2 aromatic rings. The Morgan fingerprint density at radius 2 is 1.86 bits per heavy atom. The number of sulfonamides is 1. The molecule has 7 heteroatoms. The van der Waals surface area contributed by atoms with Crippen LogP contribution in [0, 0.1) is 6.92 Å². The standard InChI is InChI=1S/C21H26N2O4S/c1-15-9-10-20(27-3)19(13-15)23(28(4,25)26)16(2)21(24)22-12-11-17-7-5-6-8-18(17)14-22/h5-10,13,16H,11-12,14H2,1-4H3/t16-/m0/s1. The van der Waals surface area contributed by atoms with E-state index in [0.717, 1.165) is 23.8 Å². The Hall–Kier alpha value is -2.54. The molecule has 0 N–H and O–H groups in total. The van der Waals surface area contributed by atoms with Gasteiger partial charge >= 0.3 is 0 Å². The zero-order valence-electron chi connectivity index (χ0n) is 16.7. The van der Waals surface area contributed by atoms with E-state index in [1.165, 1.54) is 17.0 Å². The predicted molar refractivity (Wildman–Crippen MR) is 110 cm³/mol. The third-order valence-corrected chi connectivity index (χ3v) is 6.31. The molecular formula is C21H26N2O4S. The van der Waals surface area contributed by atoms with Crippen LogP contribution in [0.1, 0.15) is 23.6 Å². The SMILES string of the molecule is COc1ccc(C)cc1N([C@@H](C)C(=O)N1CCc2ccccc2C1)S(C)(=O)=O. The number of aryl methyl sites for hydroxylation is 1. The highest BCUT2D eigenvalue weighted by Gasteiger charge is 2.34. The van der Waals surface area contributed by atoms with Crippen LogP contribution in [0.25, 0.3) is 0 Å². The summed E-state index contributed by atoms with van der Waals surface area (Å²) in [4.78, 5) is 15.0. The number of ether oxygens (including phenoxy) is 1. The van der Waals surface area contributed by atoms with Crippen LogP contribution in [-0.4, -0.2) is 45.2 Å². The van der Waals surface area contributed by atoms with Crippen molar-refractivity contribution in [2.75, 3.05) is 24.2 Å². The summed E-state index contributed by atoms with van der Waals surface area (Å²) >= 11 is 0. The third-order valence-electron chi connectivity index (χ3n) is 5.08. The van der Waals surface area contributed by atoms with Gasteiger partial charge in [0.1, 0.15) is 11.8 Å². The molecule has 1 aliphatic heterocycles. The van der Waals surface area contributed by atoms with Crippen molar-refractivity contribution in [3.63, 3.8) is 0 Å². The Kier molecular flexibility index (Phi) is 5.65. The van der Waals surface area contributed by atoms with Crippen LogP contribution in [0.5, 0.6) is 5.75 Å². The first-order valence-corrected chi connectivity index (χ1v) is 11.1. The third kappa shape index (κ3) is 3.99. The number of anilines is 1. The Balaban J connectivity index is 1.94. The van der Waals surface area contributed by atoms with E-state index in [2.05, 4.69) is 6.07 Å². The molecule has 150 valence electrons. The average Bonchev–Trinajstić information content (AvgIpc) is 2.66. The monoisotopic (exact) mass is 402 g/mol. The molecule has 28 heavy (non-hydrogen) atoms. The second-order valence-corrected chi connectivity index (χ2v) is 9.05. The fourth-order valence-corrected chi connectivity index (χ4v) is 4.86. The quantitative estimate of drug-likeness (QED) is 0.771.